The van der Waals surface area contributed by atoms with Gasteiger partial charge in [-0.1, -0.05) is 35.9 Å². The van der Waals surface area contributed by atoms with Crippen LogP contribution in [0.5, 0.6) is 11.5 Å². The Morgan fingerprint density at radius 1 is 1.04 bits per heavy atom. The van der Waals surface area contributed by atoms with Gasteiger partial charge in [0, 0.05) is 26.1 Å². The Morgan fingerprint density at radius 2 is 1.88 bits per heavy atom. The van der Waals surface area contributed by atoms with Gasteiger partial charge in [-0.25, -0.2) is 0 Å². The highest BCUT2D eigenvalue weighted by atomic mass is 16.7. The summed E-state index contributed by atoms with van der Waals surface area (Å²) < 4.78 is 10.6. The van der Waals surface area contributed by atoms with E-state index < -0.39 is 0 Å². The molecule has 1 aliphatic heterocycles. The highest BCUT2D eigenvalue weighted by Gasteiger charge is 2.12. The smallest absolute Gasteiger partial charge is 0.231 e. The number of fused-ring (bicyclic) bond motifs is 1. The Morgan fingerprint density at radius 3 is 2.75 bits per heavy atom. The van der Waals surface area contributed by atoms with Crippen molar-refractivity contribution in [2.45, 2.75) is 26.4 Å². The summed E-state index contributed by atoms with van der Waals surface area (Å²) in [7, 11) is 0. The fraction of sp³-hybridized carbons (Fsp3) is 0.316. The van der Waals surface area contributed by atoms with Crippen LogP contribution in [0.1, 0.15) is 23.1 Å². The summed E-state index contributed by atoms with van der Waals surface area (Å²) in [5, 5.41) is 6.22. The molecule has 0 saturated heterocycles. The fourth-order valence-corrected chi connectivity index (χ4v) is 2.60. The van der Waals surface area contributed by atoms with Crippen LogP contribution in [0.3, 0.4) is 0 Å². The predicted octanol–water partition coefficient (Wildman–Crippen LogP) is 2.52. The molecule has 5 nitrogen and oxygen atoms in total. The second-order valence-electron chi connectivity index (χ2n) is 5.88. The lowest BCUT2D eigenvalue weighted by Crippen LogP contribution is -2.27. The molecule has 5 heteroatoms. The summed E-state index contributed by atoms with van der Waals surface area (Å²) in [6, 6.07) is 14.0. The third-order valence-electron chi connectivity index (χ3n) is 3.87. The van der Waals surface area contributed by atoms with E-state index in [0.717, 1.165) is 22.6 Å². The van der Waals surface area contributed by atoms with Crippen LogP contribution in [0.4, 0.5) is 0 Å². The quantitative estimate of drug-likeness (QED) is 0.768. The summed E-state index contributed by atoms with van der Waals surface area (Å²) in [5.74, 6) is 1.62. The van der Waals surface area contributed by atoms with Gasteiger partial charge >= 0.3 is 0 Å². The first-order valence-corrected chi connectivity index (χ1v) is 8.12. The molecule has 0 unspecified atom stereocenters. The molecule has 0 atom stereocenters. The van der Waals surface area contributed by atoms with Crippen molar-refractivity contribution in [2.24, 2.45) is 0 Å². The molecule has 24 heavy (non-hydrogen) atoms. The second-order valence-corrected chi connectivity index (χ2v) is 5.88. The van der Waals surface area contributed by atoms with Crippen LogP contribution >= 0.6 is 0 Å². The van der Waals surface area contributed by atoms with Gasteiger partial charge in [0.25, 0.3) is 0 Å². The van der Waals surface area contributed by atoms with Gasteiger partial charge in [-0.3, -0.25) is 4.79 Å². The molecule has 3 rings (SSSR count). The van der Waals surface area contributed by atoms with Crippen molar-refractivity contribution in [2.75, 3.05) is 13.3 Å². The van der Waals surface area contributed by atoms with E-state index in [2.05, 4.69) is 16.7 Å². The molecular weight excluding hydrogens is 304 g/mol. The molecule has 1 heterocycles. The molecule has 1 amide bonds. The van der Waals surface area contributed by atoms with E-state index >= 15 is 0 Å². The zero-order valence-electron chi connectivity index (χ0n) is 13.8. The third kappa shape index (κ3) is 4.49. The van der Waals surface area contributed by atoms with E-state index in [4.69, 9.17) is 9.47 Å². The van der Waals surface area contributed by atoms with Gasteiger partial charge in [0.1, 0.15) is 0 Å². The van der Waals surface area contributed by atoms with Crippen molar-refractivity contribution in [3.8, 4) is 11.5 Å². The molecule has 1 aliphatic rings. The number of benzene rings is 2. The van der Waals surface area contributed by atoms with Crippen molar-refractivity contribution in [1.82, 2.24) is 10.6 Å². The molecule has 0 aliphatic carbocycles. The summed E-state index contributed by atoms with van der Waals surface area (Å²) in [6.07, 6.45) is 0.455. The Bertz CT molecular complexity index is 716. The zero-order chi connectivity index (χ0) is 16.8. The molecule has 2 aromatic rings. The number of carbonyl (C=O) groups is 1. The molecule has 126 valence electrons. The Balaban J connectivity index is 1.35. The van der Waals surface area contributed by atoms with Crippen LogP contribution in [-0.4, -0.2) is 19.2 Å². The van der Waals surface area contributed by atoms with Crippen LogP contribution < -0.4 is 20.1 Å². The van der Waals surface area contributed by atoms with Crippen molar-refractivity contribution >= 4 is 5.91 Å². The van der Waals surface area contributed by atoms with E-state index in [-0.39, 0.29) is 12.7 Å². The number of ether oxygens (including phenoxy) is 2. The van der Waals surface area contributed by atoms with Crippen LogP contribution in [-0.2, 0) is 17.9 Å². The number of hydrogen-bond acceptors (Lipinski definition) is 4. The van der Waals surface area contributed by atoms with Gasteiger partial charge in [-0.15, -0.1) is 0 Å². The van der Waals surface area contributed by atoms with Gasteiger partial charge in [0.15, 0.2) is 11.5 Å². The maximum atomic E-state index is 11.9. The minimum atomic E-state index is 0.0506. The number of amides is 1. The van der Waals surface area contributed by atoms with Gasteiger partial charge in [-0.05, 0) is 30.2 Å². The first kappa shape index (κ1) is 16.3. The SMILES string of the molecule is Cc1cccc(CNC(=O)CCNCc2ccc3c(c2)OCO3)c1. The van der Waals surface area contributed by atoms with Crippen LogP contribution in [0.2, 0.25) is 0 Å². The van der Waals surface area contributed by atoms with E-state index in [1.54, 1.807) is 0 Å². The highest BCUT2D eigenvalue weighted by Crippen LogP contribution is 2.32. The number of nitrogens with one attached hydrogen (secondary N) is 2. The first-order chi connectivity index (χ1) is 11.7. The largest absolute Gasteiger partial charge is 0.454 e. The Hall–Kier alpha value is -2.53. The topological polar surface area (TPSA) is 59.6 Å². The molecule has 0 fully saturated rings. The fourth-order valence-electron chi connectivity index (χ4n) is 2.60. The highest BCUT2D eigenvalue weighted by molar-refractivity contribution is 5.76. The lowest BCUT2D eigenvalue weighted by atomic mass is 10.1. The number of rotatable bonds is 7. The van der Waals surface area contributed by atoms with Crippen molar-refractivity contribution in [3.05, 3.63) is 59.2 Å². The normalized spacial score (nSPS) is 12.2. The zero-order valence-corrected chi connectivity index (χ0v) is 13.8. The lowest BCUT2D eigenvalue weighted by molar-refractivity contribution is -0.121. The van der Waals surface area contributed by atoms with E-state index in [1.165, 1.54) is 5.56 Å². The molecule has 0 aromatic heterocycles. The number of carbonyl (C=O) groups excluding carboxylic acids is 1. The van der Waals surface area contributed by atoms with E-state index in [0.29, 0.717) is 26.1 Å². The molecule has 2 N–H and O–H groups in total. The molecule has 0 bridgehead atoms. The lowest BCUT2D eigenvalue weighted by Gasteiger charge is -2.08. The van der Waals surface area contributed by atoms with Gasteiger partial charge in [-0.2, -0.15) is 0 Å². The van der Waals surface area contributed by atoms with Crippen LogP contribution in [0, 0.1) is 6.92 Å². The maximum absolute atomic E-state index is 11.9. The Labute approximate surface area is 142 Å². The first-order valence-electron chi connectivity index (χ1n) is 8.12. The summed E-state index contributed by atoms with van der Waals surface area (Å²) >= 11 is 0. The Kier molecular flexibility index (Phi) is 5.33. The average Bonchev–Trinajstić information content (AvgIpc) is 3.05. The average molecular weight is 326 g/mol. The minimum absolute atomic E-state index is 0.0506. The van der Waals surface area contributed by atoms with Gasteiger partial charge < -0.3 is 20.1 Å². The molecule has 2 aromatic carbocycles. The van der Waals surface area contributed by atoms with E-state index in [9.17, 15) is 4.79 Å². The summed E-state index contributed by atoms with van der Waals surface area (Å²) in [5.41, 5.74) is 3.43. The molecule has 0 saturated carbocycles. The molecule has 0 spiro atoms. The minimum Gasteiger partial charge on any atom is -0.454 e. The third-order valence-corrected chi connectivity index (χ3v) is 3.87. The number of hydrogen-bond donors (Lipinski definition) is 2. The van der Waals surface area contributed by atoms with Crippen LogP contribution in [0.15, 0.2) is 42.5 Å². The van der Waals surface area contributed by atoms with Crippen molar-refractivity contribution in [3.63, 3.8) is 0 Å². The van der Waals surface area contributed by atoms with Gasteiger partial charge in [0.2, 0.25) is 12.7 Å². The standard InChI is InChI=1S/C19H22N2O3/c1-14-3-2-4-15(9-14)12-21-19(22)7-8-20-11-16-5-6-17-18(10-16)24-13-23-17/h2-6,9-10,20H,7-8,11-13H2,1H3,(H,21,22). The van der Waals surface area contributed by atoms with Crippen molar-refractivity contribution in [1.29, 1.82) is 0 Å². The molecular formula is C19H22N2O3. The maximum Gasteiger partial charge on any atom is 0.231 e. The predicted molar refractivity (Wildman–Crippen MR) is 91.9 cm³/mol. The van der Waals surface area contributed by atoms with E-state index in [1.807, 2.05) is 43.3 Å². The second kappa shape index (κ2) is 7.84. The van der Waals surface area contributed by atoms with Gasteiger partial charge in [0.05, 0.1) is 0 Å². The summed E-state index contributed by atoms with van der Waals surface area (Å²) in [6.45, 7) is 4.23. The van der Waals surface area contributed by atoms with Crippen molar-refractivity contribution < 1.29 is 14.3 Å². The van der Waals surface area contributed by atoms with Crippen LogP contribution in [0.25, 0.3) is 0 Å². The monoisotopic (exact) mass is 326 g/mol. The molecule has 0 radical (unpaired) electrons. The summed E-state index contributed by atoms with van der Waals surface area (Å²) in [4.78, 5) is 11.9. The number of aryl methyl sites for hydroxylation is 1.